The molecule has 0 aliphatic rings. The van der Waals surface area contributed by atoms with Crippen LogP contribution in [-0.2, 0) is 6.61 Å². The number of halogens is 1. The van der Waals surface area contributed by atoms with E-state index in [0.717, 1.165) is 18.1 Å². The Morgan fingerprint density at radius 1 is 0.857 bits per heavy atom. The van der Waals surface area contributed by atoms with Crippen LogP contribution in [0.15, 0.2) is 54.6 Å². The van der Waals surface area contributed by atoms with Crippen LogP contribution >= 0.6 is 12.4 Å². The second-order valence-corrected chi connectivity index (χ2v) is 5.97. The number of aliphatic hydroxyl groups is 1. The Morgan fingerprint density at radius 2 is 1.57 bits per heavy atom. The minimum absolute atomic E-state index is 0. The molecule has 1 aromatic heterocycles. The zero-order valence-electron chi connectivity index (χ0n) is 15.7. The van der Waals surface area contributed by atoms with Gasteiger partial charge in [0.05, 0.1) is 5.69 Å². The Hall–Kier alpha value is -3.09. The van der Waals surface area contributed by atoms with E-state index in [1.165, 1.54) is 16.2 Å². The number of nitrogens with zero attached hydrogens (tertiary/aromatic N) is 2. The van der Waals surface area contributed by atoms with Crippen LogP contribution in [0, 0.1) is 6.92 Å². The summed E-state index contributed by atoms with van der Waals surface area (Å²) >= 11 is 0. The highest BCUT2D eigenvalue weighted by atomic mass is 35.5. The highest BCUT2D eigenvalue weighted by molar-refractivity contribution is 6.08. The number of hydrogen-bond acceptors (Lipinski definition) is 6. The fourth-order valence-corrected chi connectivity index (χ4v) is 3.17. The number of benzene rings is 3. The summed E-state index contributed by atoms with van der Waals surface area (Å²) in [5.41, 5.74) is 13.2. The quantitative estimate of drug-likeness (QED) is 0.452. The summed E-state index contributed by atoms with van der Waals surface area (Å²) in [4.78, 5) is 8.08. The van der Waals surface area contributed by atoms with E-state index in [-0.39, 0.29) is 24.2 Å². The Balaban J connectivity index is 0.000000906. The fourth-order valence-electron chi connectivity index (χ4n) is 3.17. The number of ether oxygens (including phenoxy) is 1. The van der Waals surface area contributed by atoms with E-state index in [1.54, 1.807) is 6.92 Å². The number of aryl methyl sites for hydroxylation is 1. The minimum Gasteiger partial charge on any atom is -0.483 e. The summed E-state index contributed by atoms with van der Waals surface area (Å²) in [6.07, 6.45) is 0. The highest BCUT2D eigenvalue weighted by Crippen LogP contribution is 2.29. The normalized spacial score (nSPS) is 10.1. The number of rotatable bonds is 3. The van der Waals surface area contributed by atoms with Crippen molar-refractivity contribution < 1.29 is 9.84 Å². The lowest BCUT2D eigenvalue weighted by Crippen LogP contribution is -2.07. The molecule has 28 heavy (non-hydrogen) atoms. The van der Waals surface area contributed by atoms with Gasteiger partial charge in [-0.2, -0.15) is 4.98 Å². The van der Waals surface area contributed by atoms with Gasteiger partial charge < -0.3 is 21.3 Å². The Labute approximate surface area is 169 Å². The lowest BCUT2D eigenvalue weighted by molar-refractivity contribution is 0.305. The summed E-state index contributed by atoms with van der Waals surface area (Å²) in [6.45, 7) is 2.19. The third-order valence-corrected chi connectivity index (χ3v) is 4.33. The van der Waals surface area contributed by atoms with E-state index in [2.05, 4.69) is 52.4 Å². The topological polar surface area (TPSA) is 107 Å². The predicted molar refractivity (Wildman–Crippen MR) is 117 cm³/mol. The van der Waals surface area contributed by atoms with Crippen LogP contribution in [0.1, 0.15) is 11.3 Å². The smallest absolute Gasteiger partial charge is 0.222 e. The molecule has 1 heterocycles. The maximum Gasteiger partial charge on any atom is 0.222 e. The number of anilines is 2. The molecule has 0 unspecified atom stereocenters. The summed E-state index contributed by atoms with van der Waals surface area (Å²) in [5, 5.41) is 11.8. The van der Waals surface area contributed by atoms with Crippen LogP contribution in [0.25, 0.3) is 21.5 Å². The molecule has 0 saturated heterocycles. The molecule has 0 saturated carbocycles. The first-order valence-corrected chi connectivity index (χ1v) is 8.50. The maximum atomic E-state index is 7.00. The largest absolute Gasteiger partial charge is 0.483 e. The van der Waals surface area contributed by atoms with E-state index < -0.39 is 0 Å². The van der Waals surface area contributed by atoms with Crippen molar-refractivity contribution in [1.82, 2.24) is 9.97 Å². The number of nitrogens with two attached hydrogens (primary N) is 2. The van der Waals surface area contributed by atoms with Gasteiger partial charge in [0.15, 0.2) is 11.6 Å². The molecule has 0 aliphatic carbocycles. The van der Waals surface area contributed by atoms with Crippen LogP contribution in [0.2, 0.25) is 0 Å². The molecule has 7 heteroatoms. The van der Waals surface area contributed by atoms with Crippen LogP contribution in [0.3, 0.4) is 0 Å². The molecule has 0 spiro atoms. The average molecular weight is 399 g/mol. The molecule has 0 aliphatic heterocycles. The van der Waals surface area contributed by atoms with E-state index in [1.807, 2.05) is 12.1 Å². The van der Waals surface area contributed by atoms with Gasteiger partial charge in [0.2, 0.25) is 5.95 Å². The van der Waals surface area contributed by atoms with Crippen molar-refractivity contribution in [2.24, 2.45) is 0 Å². The minimum atomic E-state index is 0. The monoisotopic (exact) mass is 398 g/mol. The SMILES string of the molecule is CO.Cc1nc(N)nc(N)c1OCc1cccc2c1ccc1ccccc12.Cl. The fraction of sp³-hybridized carbons (Fsp3) is 0.143. The molecule has 3 aromatic carbocycles. The molecule has 6 nitrogen and oxygen atoms in total. The Morgan fingerprint density at radius 3 is 2.32 bits per heavy atom. The van der Waals surface area contributed by atoms with Crippen LogP contribution in [-0.4, -0.2) is 22.2 Å². The van der Waals surface area contributed by atoms with Crippen molar-refractivity contribution in [3.05, 3.63) is 65.9 Å². The van der Waals surface area contributed by atoms with Gasteiger partial charge in [-0.1, -0.05) is 54.6 Å². The maximum absolute atomic E-state index is 7.00. The van der Waals surface area contributed by atoms with Gasteiger partial charge in [0, 0.05) is 7.11 Å². The van der Waals surface area contributed by atoms with Gasteiger partial charge >= 0.3 is 0 Å². The van der Waals surface area contributed by atoms with Gasteiger partial charge in [-0.3, -0.25) is 0 Å². The first-order chi connectivity index (χ1) is 13.1. The van der Waals surface area contributed by atoms with Crippen LogP contribution in [0.4, 0.5) is 11.8 Å². The van der Waals surface area contributed by atoms with Gasteiger partial charge in [-0.05, 0) is 34.0 Å². The molecule has 0 radical (unpaired) electrons. The lowest BCUT2D eigenvalue weighted by atomic mass is 9.99. The van der Waals surface area contributed by atoms with Crippen LogP contribution < -0.4 is 16.2 Å². The van der Waals surface area contributed by atoms with Gasteiger partial charge in [-0.25, -0.2) is 4.98 Å². The molecule has 146 valence electrons. The molecule has 0 amide bonds. The van der Waals surface area contributed by atoms with E-state index in [4.69, 9.17) is 21.3 Å². The summed E-state index contributed by atoms with van der Waals surface area (Å²) in [7, 11) is 1.00. The summed E-state index contributed by atoms with van der Waals surface area (Å²) < 4.78 is 5.92. The molecular weight excluding hydrogens is 376 g/mol. The van der Waals surface area contributed by atoms with Crippen molar-refractivity contribution in [2.45, 2.75) is 13.5 Å². The second kappa shape index (κ2) is 9.21. The number of aromatic nitrogens is 2. The van der Waals surface area contributed by atoms with Crippen molar-refractivity contribution in [3.8, 4) is 5.75 Å². The predicted octanol–water partition coefficient (Wildman–Crippen LogP) is 3.87. The van der Waals surface area contributed by atoms with Gasteiger partial charge in [0.25, 0.3) is 0 Å². The molecule has 4 aromatic rings. The third kappa shape index (κ3) is 4.08. The zero-order chi connectivity index (χ0) is 19.4. The highest BCUT2D eigenvalue weighted by Gasteiger charge is 2.11. The second-order valence-electron chi connectivity index (χ2n) is 5.97. The zero-order valence-corrected chi connectivity index (χ0v) is 16.5. The van der Waals surface area contributed by atoms with E-state index in [9.17, 15) is 0 Å². The average Bonchev–Trinajstić information content (AvgIpc) is 2.68. The van der Waals surface area contributed by atoms with Crippen molar-refractivity contribution in [1.29, 1.82) is 0 Å². The lowest BCUT2D eigenvalue weighted by Gasteiger charge is -2.13. The van der Waals surface area contributed by atoms with Gasteiger partial charge in [-0.15, -0.1) is 12.4 Å². The number of aliphatic hydroxyl groups excluding tert-OH is 1. The first kappa shape index (κ1) is 21.2. The molecule has 0 bridgehead atoms. The van der Waals surface area contributed by atoms with Gasteiger partial charge in [0.1, 0.15) is 6.61 Å². The van der Waals surface area contributed by atoms with Crippen LogP contribution in [0.5, 0.6) is 5.75 Å². The molecule has 0 fully saturated rings. The number of fused-ring (bicyclic) bond motifs is 3. The summed E-state index contributed by atoms with van der Waals surface area (Å²) in [6, 6.07) is 18.9. The number of hydrogen-bond donors (Lipinski definition) is 3. The Kier molecular flexibility index (Phi) is 6.98. The van der Waals surface area contributed by atoms with Crippen molar-refractivity contribution in [2.75, 3.05) is 18.6 Å². The first-order valence-electron chi connectivity index (χ1n) is 8.50. The molecule has 5 N–H and O–H groups in total. The molecule has 0 atom stereocenters. The van der Waals surface area contributed by atoms with E-state index in [0.29, 0.717) is 18.1 Å². The number of nitrogen functional groups attached to an aromatic ring is 2. The standard InChI is InChI=1S/C20H18N4O.CH4O.ClH/c1-12-18(19(21)24-20(22)23-12)25-11-14-6-4-8-17-15-7-3-2-5-13(15)9-10-16(14)17;1-2;/h2-10H,11H2,1H3,(H4,21,22,23,24);2H,1H3;1H. The summed E-state index contributed by atoms with van der Waals surface area (Å²) in [5.74, 6) is 0.890. The molecule has 4 rings (SSSR count). The third-order valence-electron chi connectivity index (χ3n) is 4.33. The molecular formula is C21H23ClN4O2. The van der Waals surface area contributed by atoms with E-state index >= 15 is 0 Å². The Bertz CT molecular complexity index is 1080. The van der Waals surface area contributed by atoms with Crippen molar-refractivity contribution in [3.63, 3.8) is 0 Å². The van der Waals surface area contributed by atoms with Crippen molar-refractivity contribution >= 4 is 45.7 Å².